The van der Waals surface area contributed by atoms with Crippen molar-refractivity contribution in [1.29, 1.82) is 0 Å². The summed E-state index contributed by atoms with van der Waals surface area (Å²) in [6.07, 6.45) is 7.02. The zero-order chi connectivity index (χ0) is 13.5. The molecule has 0 radical (unpaired) electrons. The van der Waals surface area contributed by atoms with E-state index in [4.69, 9.17) is 4.74 Å². The van der Waals surface area contributed by atoms with Crippen LogP contribution in [0.3, 0.4) is 0 Å². The molecular formula is C16H24BrNO. The molecule has 1 aromatic carbocycles. The van der Waals surface area contributed by atoms with E-state index in [9.17, 15) is 0 Å². The summed E-state index contributed by atoms with van der Waals surface area (Å²) in [6, 6.07) is 8.25. The van der Waals surface area contributed by atoms with Crippen LogP contribution in [0.25, 0.3) is 0 Å². The lowest BCUT2D eigenvalue weighted by Gasteiger charge is -2.28. The summed E-state index contributed by atoms with van der Waals surface area (Å²) in [5, 5.41) is 3.40. The summed E-state index contributed by atoms with van der Waals surface area (Å²) in [5.74, 6) is 0.886. The van der Waals surface area contributed by atoms with Crippen LogP contribution >= 0.6 is 15.9 Å². The summed E-state index contributed by atoms with van der Waals surface area (Å²) in [6.45, 7) is 3.97. The van der Waals surface area contributed by atoms with Gasteiger partial charge in [0.1, 0.15) is 0 Å². The standard InChI is InChI=1S/C16H24BrNO/c1-2-13-5-3-8-16(11-13)19-10-9-18-15-7-4-6-14(17)12-15/h4,6-7,12-13,16,18H,2-3,5,8-11H2,1H3. The molecular weight excluding hydrogens is 302 g/mol. The first-order valence-electron chi connectivity index (χ1n) is 7.39. The van der Waals surface area contributed by atoms with E-state index in [0.717, 1.165) is 29.2 Å². The Balaban J connectivity index is 1.64. The minimum Gasteiger partial charge on any atom is -0.383 e. The zero-order valence-electron chi connectivity index (χ0n) is 11.7. The average Bonchev–Trinajstić information content (AvgIpc) is 2.44. The van der Waals surface area contributed by atoms with Crippen LogP contribution in [0, 0.1) is 5.92 Å². The van der Waals surface area contributed by atoms with Crippen molar-refractivity contribution in [3.05, 3.63) is 28.7 Å². The third kappa shape index (κ3) is 5.15. The molecule has 0 saturated heterocycles. The molecule has 0 spiro atoms. The molecule has 1 aliphatic rings. The predicted molar refractivity (Wildman–Crippen MR) is 84.6 cm³/mol. The highest BCUT2D eigenvalue weighted by Crippen LogP contribution is 2.28. The molecule has 2 rings (SSSR count). The van der Waals surface area contributed by atoms with Crippen LogP contribution in [0.2, 0.25) is 0 Å². The van der Waals surface area contributed by atoms with E-state index < -0.39 is 0 Å². The number of hydrogen-bond donors (Lipinski definition) is 1. The maximum Gasteiger partial charge on any atom is 0.0642 e. The lowest BCUT2D eigenvalue weighted by atomic mass is 9.85. The number of anilines is 1. The number of rotatable bonds is 6. The lowest BCUT2D eigenvalue weighted by molar-refractivity contribution is 0.0181. The first kappa shape index (κ1) is 14.9. The highest BCUT2D eigenvalue weighted by atomic mass is 79.9. The second kappa shape index (κ2) is 7.91. The summed E-state index contributed by atoms with van der Waals surface area (Å²) in [7, 11) is 0. The van der Waals surface area contributed by atoms with E-state index in [1.165, 1.54) is 32.1 Å². The van der Waals surface area contributed by atoms with Crippen molar-refractivity contribution in [2.75, 3.05) is 18.5 Å². The molecule has 2 nitrogen and oxygen atoms in total. The number of halogens is 1. The summed E-state index contributed by atoms with van der Waals surface area (Å²) in [5.41, 5.74) is 1.15. The van der Waals surface area contributed by atoms with E-state index >= 15 is 0 Å². The molecule has 1 saturated carbocycles. The van der Waals surface area contributed by atoms with Crippen molar-refractivity contribution >= 4 is 21.6 Å². The zero-order valence-corrected chi connectivity index (χ0v) is 13.3. The van der Waals surface area contributed by atoms with Gasteiger partial charge in [-0.1, -0.05) is 48.2 Å². The number of hydrogen-bond acceptors (Lipinski definition) is 2. The molecule has 0 aliphatic heterocycles. The molecule has 1 aliphatic carbocycles. The molecule has 1 aromatic rings. The second-order valence-electron chi connectivity index (χ2n) is 5.37. The molecule has 0 bridgehead atoms. The average molecular weight is 326 g/mol. The summed E-state index contributed by atoms with van der Waals surface area (Å²) >= 11 is 3.48. The second-order valence-corrected chi connectivity index (χ2v) is 6.29. The normalized spacial score (nSPS) is 23.3. The predicted octanol–water partition coefficient (Wildman–Crippen LogP) is 4.85. The maximum absolute atomic E-state index is 5.99. The van der Waals surface area contributed by atoms with Crippen LogP contribution in [0.1, 0.15) is 39.0 Å². The molecule has 106 valence electrons. The van der Waals surface area contributed by atoms with Crippen LogP contribution in [-0.2, 0) is 4.74 Å². The van der Waals surface area contributed by atoms with Crippen LogP contribution < -0.4 is 5.32 Å². The molecule has 2 atom stereocenters. The van der Waals surface area contributed by atoms with Gasteiger partial charge >= 0.3 is 0 Å². The minimum absolute atomic E-state index is 0.489. The van der Waals surface area contributed by atoms with Crippen LogP contribution in [0.15, 0.2) is 28.7 Å². The Labute approximate surface area is 125 Å². The van der Waals surface area contributed by atoms with Crippen molar-refractivity contribution in [2.24, 2.45) is 5.92 Å². The Kier molecular flexibility index (Phi) is 6.18. The molecule has 19 heavy (non-hydrogen) atoms. The lowest BCUT2D eigenvalue weighted by Crippen LogP contribution is -2.24. The van der Waals surface area contributed by atoms with Gasteiger partial charge in [0.15, 0.2) is 0 Å². The van der Waals surface area contributed by atoms with Crippen molar-refractivity contribution in [2.45, 2.75) is 45.1 Å². The smallest absolute Gasteiger partial charge is 0.0642 e. The molecule has 1 fully saturated rings. The first-order chi connectivity index (χ1) is 9.28. The topological polar surface area (TPSA) is 21.3 Å². The highest BCUT2D eigenvalue weighted by Gasteiger charge is 2.20. The monoisotopic (exact) mass is 325 g/mol. The van der Waals surface area contributed by atoms with Gasteiger partial charge in [-0.2, -0.15) is 0 Å². The SMILES string of the molecule is CCC1CCCC(OCCNc2cccc(Br)c2)C1. The molecule has 0 aromatic heterocycles. The van der Waals surface area contributed by atoms with Gasteiger partial charge < -0.3 is 10.1 Å². The fourth-order valence-electron chi connectivity index (χ4n) is 2.78. The Morgan fingerprint density at radius 1 is 1.37 bits per heavy atom. The highest BCUT2D eigenvalue weighted by molar-refractivity contribution is 9.10. The van der Waals surface area contributed by atoms with Crippen LogP contribution in [0.4, 0.5) is 5.69 Å². The fourth-order valence-corrected chi connectivity index (χ4v) is 3.18. The van der Waals surface area contributed by atoms with Gasteiger partial charge in [0, 0.05) is 16.7 Å². The third-order valence-corrected chi connectivity index (χ3v) is 4.41. The van der Waals surface area contributed by atoms with E-state index in [0.29, 0.717) is 6.10 Å². The van der Waals surface area contributed by atoms with E-state index in [2.05, 4.69) is 40.3 Å². The quantitative estimate of drug-likeness (QED) is 0.755. The first-order valence-corrected chi connectivity index (χ1v) is 8.18. The third-order valence-electron chi connectivity index (χ3n) is 3.92. The van der Waals surface area contributed by atoms with Crippen molar-refractivity contribution in [3.63, 3.8) is 0 Å². The molecule has 1 N–H and O–H groups in total. The van der Waals surface area contributed by atoms with Crippen LogP contribution in [-0.4, -0.2) is 19.3 Å². The molecule has 0 heterocycles. The Bertz CT molecular complexity index is 383. The van der Waals surface area contributed by atoms with Gasteiger partial charge in [-0.05, 0) is 37.0 Å². The van der Waals surface area contributed by atoms with E-state index in [-0.39, 0.29) is 0 Å². The Hall–Kier alpha value is -0.540. The van der Waals surface area contributed by atoms with Crippen molar-refractivity contribution in [1.82, 2.24) is 0 Å². The van der Waals surface area contributed by atoms with Gasteiger partial charge in [0.25, 0.3) is 0 Å². The summed E-state index contributed by atoms with van der Waals surface area (Å²) < 4.78 is 7.10. The van der Waals surface area contributed by atoms with Gasteiger partial charge in [-0.3, -0.25) is 0 Å². The Morgan fingerprint density at radius 2 is 2.26 bits per heavy atom. The molecule has 2 unspecified atom stereocenters. The minimum atomic E-state index is 0.489. The number of nitrogens with one attached hydrogen (secondary N) is 1. The Morgan fingerprint density at radius 3 is 3.05 bits per heavy atom. The maximum atomic E-state index is 5.99. The number of benzene rings is 1. The van der Waals surface area contributed by atoms with Gasteiger partial charge in [-0.15, -0.1) is 0 Å². The fraction of sp³-hybridized carbons (Fsp3) is 0.625. The molecule has 0 amide bonds. The van der Waals surface area contributed by atoms with Crippen molar-refractivity contribution < 1.29 is 4.74 Å². The summed E-state index contributed by atoms with van der Waals surface area (Å²) in [4.78, 5) is 0. The largest absolute Gasteiger partial charge is 0.383 e. The van der Waals surface area contributed by atoms with Gasteiger partial charge in [-0.25, -0.2) is 0 Å². The van der Waals surface area contributed by atoms with Crippen molar-refractivity contribution in [3.8, 4) is 0 Å². The van der Waals surface area contributed by atoms with E-state index in [1.807, 2.05) is 12.1 Å². The number of ether oxygens (including phenoxy) is 1. The van der Waals surface area contributed by atoms with Gasteiger partial charge in [0.2, 0.25) is 0 Å². The molecule has 3 heteroatoms. The van der Waals surface area contributed by atoms with E-state index in [1.54, 1.807) is 0 Å². The van der Waals surface area contributed by atoms with Crippen LogP contribution in [0.5, 0.6) is 0 Å². The van der Waals surface area contributed by atoms with Gasteiger partial charge in [0.05, 0.1) is 12.7 Å².